The number of rotatable bonds is 8. The van der Waals surface area contributed by atoms with Gasteiger partial charge in [-0.05, 0) is 30.5 Å². The Morgan fingerprint density at radius 1 is 1.32 bits per heavy atom. The van der Waals surface area contributed by atoms with E-state index < -0.39 is 12.1 Å². The number of hydrogen-bond donors (Lipinski definition) is 1. The maximum Gasteiger partial charge on any atom is 0.344 e. The van der Waals surface area contributed by atoms with Crippen molar-refractivity contribution >= 4 is 5.97 Å². The predicted molar refractivity (Wildman–Crippen MR) is 72.2 cm³/mol. The van der Waals surface area contributed by atoms with Gasteiger partial charge in [0.15, 0.2) is 6.10 Å². The van der Waals surface area contributed by atoms with Gasteiger partial charge in [0.1, 0.15) is 11.8 Å². The van der Waals surface area contributed by atoms with Gasteiger partial charge >= 0.3 is 5.97 Å². The second-order valence-corrected chi connectivity index (χ2v) is 4.33. The monoisotopic (exact) mass is 265 g/mol. The third-order valence-corrected chi connectivity index (χ3v) is 2.88. The molecule has 1 N–H and O–H groups in total. The van der Waals surface area contributed by atoms with Gasteiger partial charge in [0.2, 0.25) is 0 Å². The van der Waals surface area contributed by atoms with Gasteiger partial charge in [-0.25, -0.2) is 4.79 Å². The molecule has 1 aromatic carbocycles. The molecule has 2 unspecified atom stereocenters. The zero-order chi connectivity index (χ0) is 14.3. The summed E-state index contributed by atoms with van der Waals surface area (Å²) in [6, 6.07) is 6.52. The fraction of sp³-hybridized carbons (Fsp3) is 0.500. The van der Waals surface area contributed by atoms with Crippen LogP contribution < -0.4 is 4.74 Å². The number of aliphatic carboxylic acids is 1. The first-order valence-corrected chi connectivity index (χ1v) is 6.44. The Balaban J connectivity index is 2.75. The molecule has 0 aromatic heterocycles. The molecule has 0 fully saturated rings. The van der Waals surface area contributed by atoms with Crippen molar-refractivity contribution in [3.8, 4) is 5.75 Å². The smallest absolute Gasteiger partial charge is 0.344 e. The molecule has 19 heavy (non-hydrogen) atoms. The highest BCUT2D eigenvalue weighted by Gasteiger charge is 2.17. The van der Waals surface area contributed by atoms with Crippen LogP contribution in [0.4, 0.5) is 0 Å². The molecule has 0 radical (unpaired) electrons. The van der Waals surface area contributed by atoms with Crippen molar-refractivity contribution < 1.29 is 14.6 Å². The Morgan fingerprint density at radius 3 is 2.37 bits per heavy atom. The van der Waals surface area contributed by atoms with Crippen LogP contribution in [0.15, 0.2) is 29.4 Å². The van der Waals surface area contributed by atoms with Crippen LogP contribution in [0.3, 0.4) is 0 Å². The topological polar surface area (TPSA) is 76.0 Å². The van der Waals surface area contributed by atoms with Crippen LogP contribution in [0.1, 0.15) is 44.7 Å². The number of benzene rings is 1. The minimum absolute atomic E-state index is 0.347. The van der Waals surface area contributed by atoms with Crippen LogP contribution in [0.5, 0.6) is 5.75 Å². The van der Waals surface area contributed by atoms with Gasteiger partial charge in [0, 0.05) is 0 Å². The van der Waals surface area contributed by atoms with Crippen LogP contribution in [0.2, 0.25) is 0 Å². The van der Waals surface area contributed by atoms with Gasteiger partial charge in [-0.15, -0.1) is 0 Å². The summed E-state index contributed by atoms with van der Waals surface area (Å²) in [5.41, 5.74) is 0.826. The molecule has 0 amide bonds. The molecule has 1 aromatic rings. The molecule has 0 aliphatic heterocycles. The normalized spacial score (nSPS) is 13.6. The number of nitroso groups, excluding NO2 is 1. The van der Waals surface area contributed by atoms with Crippen molar-refractivity contribution in [3.63, 3.8) is 0 Å². The highest BCUT2D eigenvalue weighted by Crippen LogP contribution is 2.25. The zero-order valence-electron chi connectivity index (χ0n) is 11.2. The van der Waals surface area contributed by atoms with Gasteiger partial charge < -0.3 is 9.84 Å². The van der Waals surface area contributed by atoms with Crippen LogP contribution in [-0.4, -0.2) is 17.2 Å². The summed E-state index contributed by atoms with van der Waals surface area (Å²) in [6.45, 7) is 3.75. The SMILES string of the molecule is CCCC(N=O)c1ccc(OC(CC)C(=O)O)cc1. The molecule has 1 rings (SSSR count). The Hall–Kier alpha value is -1.91. The van der Waals surface area contributed by atoms with E-state index in [4.69, 9.17) is 9.84 Å². The van der Waals surface area contributed by atoms with E-state index in [0.717, 1.165) is 12.0 Å². The lowest BCUT2D eigenvalue weighted by molar-refractivity contribution is -0.145. The lowest BCUT2D eigenvalue weighted by atomic mass is 10.0. The molecule has 0 saturated carbocycles. The van der Waals surface area contributed by atoms with E-state index in [1.807, 2.05) is 6.92 Å². The molecule has 0 saturated heterocycles. The van der Waals surface area contributed by atoms with Crippen molar-refractivity contribution in [2.75, 3.05) is 0 Å². The molecule has 2 atom stereocenters. The zero-order valence-corrected chi connectivity index (χ0v) is 11.2. The molecule has 0 bridgehead atoms. The number of carbonyl (C=O) groups is 1. The summed E-state index contributed by atoms with van der Waals surface area (Å²) in [7, 11) is 0. The van der Waals surface area contributed by atoms with E-state index in [-0.39, 0.29) is 6.04 Å². The van der Waals surface area contributed by atoms with Crippen LogP contribution >= 0.6 is 0 Å². The first-order chi connectivity index (χ1) is 9.12. The first-order valence-electron chi connectivity index (χ1n) is 6.44. The Labute approximate surface area is 112 Å². The minimum Gasteiger partial charge on any atom is -0.479 e. The van der Waals surface area contributed by atoms with Gasteiger partial charge in [-0.3, -0.25) is 0 Å². The molecule has 0 spiro atoms. The number of hydrogen-bond acceptors (Lipinski definition) is 4. The number of carboxylic acids is 1. The van der Waals surface area contributed by atoms with Crippen molar-refractivity contribution in [2.45, 2.75) is 45.3 Å². The van der Waals surface area contributed by atoms with Gasteiger partial charge in [0.25, 0.3) is 0 Å². The van der Waals surface area contributed by atoms with Gasteiger partial charge in [-0.1, -0.05) is 37.6 Å². The van der Waals surface area contributed by atoms with E-state index in [0.29, 0.717) is 18.6 Å². The van der Waals surface area contributed by atoms with Crippen LogP contribution in [-0.2, 0) is 4.79 Å². The third kappa shape index (κ3) is 4.35. The van der Waals surface area contributed by atoms with Crippen molar-refractivity contribution in [1.82, 2.24) is 0 Å². The number of nitrogens with zero attached hydrogens (tertiary/aromatic N) is 1. The van der Waals surface area contributed by atoms with Crippen molar-refractivity contribution in [2.24, 2.45) is 5.18 Å². The average molecular weight is 265 g/mol. The van der Waals surface area contributed by atoms with Gasteiger partial charge in [0.05, 0.1) is 0 Å². The summed E-state index contributed by atoms with van der Waals surface area (Å²) < 4.78 is 5.35. The molecule has 0 heterocycles. The highest BCUT2D eigenvalue weighted by atomic mass is 16.5. The van der Waals surface area contributed by atoms with Crippen molar-refractivity contribution in [3.05, 3.63) is 34.7 Å². The molecule has 5 heteroatoms. The predicted octanol–water partition coefficient (Wildman–Crippen LogP) is 3.54. The second-order valence-electron chi connectivity index (χ2n) is 4.33. The number of ether oxygens (including phenoxy) is 1. The Morgan fingerprint density at radius 2 is 1.95 bits per heavy atom. The Kier molecular flexibility index (Phi) is 5.99. The first kappa shape index (κ1) is 15.1. The standard InChI is InChI=1S/C14H19NO4/c1-3-5-12(15-18)10-6-8-11(9-7-10)19-13(4-2)14(16)17/h6-9,12-13H,3-5H2,1-2H3,(H,16,17). The van der Waals surface area contributed by atoms with Gasteiger partial charge in [-0.2, -0.15) is 4.91 Å². The molecule has 0 aliphatic rings. The largest absolute Gasteiger partial charge is 0.479 e. The maximum absolute atomic E-state index is 10.9. The van der Waals surface area contributed by atoms with E-state index in [1.165, 1.54) is 0 Å². The van der Waals surface area contributed by atoms with Crippen LogP contribution in [0.25, 0.3) is 0 Å². The fourth-order valence-electron chi connectivity index (χ4n) is 1.79. The molecule has 5 nitrogen and oxygen atoms in total. The lowest BCUT2D eigenvalue weighted by Gasteiger charge is -2.14. The van der Waals surface area contributed by atoms with Crippen LogP contribution in [0, 0.1) is 4.91 Å². The highest BCUT2D eigenvalue weighted by molar-refractivity contribution is 5.72. The van der Waals surface area contributed by atoms with E-state index in [9.17, 15) is 9.70 Å². The van der Waals surface area contributed by atoms with E-state index >= 15 is 0 Å². The summed E-state index contributed by atoms with van der Waals surface area (Å²) in [5, 5.41) is 12.0. The Bertz CT molecular complexity index is 416. The molecular formula is C14H19NO4. The summed E-state index contributed by atoms with van der Waals surface area (Å²) in [6.07, 6.45) is 1.13. The third-order valence-electron chi connectivity index (χ3n) is 2.88. The van der Waals surface area contributed by atoms with E-state index in [2.05, 4.69) is 5.18 Å². The quantitative estimate of drug-likeness (QED) is 0.729. The summed E-state index contributed by atoms with van der Waals surface area (Å²) >= 11 is 0. The lowest BCUT2D eigenvalue weighted by Crippen LogP contribution is -2.25. The number of carboxylic acid groups (broad SMARTS) is 1. The molecule has 0 aliphatic carbocycles. The second kappa shape index (κ2) is 7.51. The maximum atomic E-state index is 10.9. The minimum atomic E-state index is -0.981. The fourth-order valence-corrected chi connectivity index (χ4v) is 1.79. The molecular weight excluding hydrogens is 246 g/mol. The molecule has 104 valence electrons. The summed E-state index contributed by atoms with van der Waals surface area (Å²) in [4.78, 5) is 21.6. The van der Waals surface area contributed by atoms with Crippen molar-refractivity contribution in [1.29, 1.82) is 0 Å². The van der Waals surface area contributed by atoms with E-state index in [1.54, 1.807) is 31.2 Å². The summed E-state index contributed by atoms with van der Waals surface area (Å²) in [5.74, 6) is -0.496. The average Bonchev–Trinajstić information content (AvgIpc) is 2.42.